The molecule has 2 aliphatic rings. The van der Waals surface area contributed by atoms with Crippen LogP contribution in [-0.2, 0) is 34.6 Å². The van der Waals surface area contributed by atoms with E-state index < -0.39 is 8.80 Å². The molecule has 38 heavy (non-hydrogen) atoms. The van der Waals surface area contributed by atoms with E-state index in [0.717, 1.165) is 43.6 Å². The maximum atomic E-state index is 6.19. The molecule has 2 aromatic carbocycles. The Morgan fingerprint density at radius 2 is 1.34 bits per heavy atom. The number of rotatable bonds is 18. The van der Waals surface area contributed by atoms with E-state index in [0.29, 0.717) is 33.0 Å². The van der Waals surface area contributed by atoms with Gasteiger partial charge >= 0.3 is 8.80 Å². The molecule has 0 aliphatic carbocycles. The standard InChI is InChI=1S/C30H44O7Si/c1-6-35-38(36-7-2,37-8-3)17-9-10-23-18-25(13-16-29(23)34-22-28-21-33-28)30(4,5)24-11-14-26(15-12-24)31-19-27-20-32-27/h11-16,18,27-28H,6-10,17,19-22H2,1-5H3. The van der Waals surface area contributed by atoms with Gasteiger partial charge in [-0.15, -0.1) is 0 Å². The molecule has 0 amide bonds. The summed E-state index contributed by atoms with van der Waals surface area (Å²) < 4.78 is 40.9. The molecule has 0 bridgehead atoms. The molecule has 8 heteroatoms. The summed E-state index contributed by atoms with van der Waals surface area (Å²) in [4.78, 5) is 0. The molecule has 4 rings (SSSR count). The normalized spacial score (nSPS) is 18.9. The first kappa shape index (κ1) is 29.0. The second kappa shape index (κ2) is 13.4. The number of aryl methyl sites for hydroxylation is 1. The lowest BCUT2D eigenvalue weighted by atomic mass is 9.77. The Labute approximate surface area is 229 Å². The summed E-state index contributed by atoms with van der Waals surface area (Å²) in [5.41, 5.74) is 3.47. The third-order valence-corrected chi connectivity index (χ3v) is 10.2. The monoisotopic (exact) mass is 544 g/mol. The van der Waals surface area contributed by atoms with Gasteiger partial charge in [0.05, 0.1) is 13.2 Å². The van der Waals surface area contributed by atoms with E-state index in [1.807, 2.05) is 32.9 Å². The highest BCUT2D eigenvalue weighted by molar-refractivity contribution is 6.60. The van der Waals surface area contributed by atoms with Crippen molar-refractivity contribution < 1.29 is 32.2 Å². The van der Waals surface area contributed by atoms with Crippen LogP contribution in [0.1, 0.15) is 57.7 Å². The minimum Gasteiger partial charge on any atom is -0.491 e. The van der Waals surface area contributed by atoms with Gasteiger partial charge in [-0.05, 0) is 68.5 Å². The molecule has 210 valence electrons. The van der Waals surface area contributed by atoms with Gasteiger partial charge in [0, 0.05) is 31.3 Å². The second-order valence-electron chi connectivity index (χ2n) is 10.3. The summed E-state index contributed by atoms with van der Waals surface area (Å²) in [6.07, 6.45) is 2.20. The first-order valence-corrected chi connectivity index (χ1v) is 16.0. The highest BCUT2D eigenvalue weighted by Crippen LogP contribution is 2.36. The Balaban J connectivity index is 1.49. The van der Waals surface area contributed by atoms with Crippen molar-refractivity contribution in [2.45, 2.75) is 71.1 Å². The number of hydrogen-bond acceptors (Lipinski definition) is 7. The van der Waals surface area contributed by atoms with Gasteiger partial charge in [0.2, 0.25) is 0 Å². The molecular formula is C30H44O7Si. The third kappa shape index (κ3) is 8.03. The number of ether oxygens (including phenoxy) is 4. The van der Waals surface area contributed by atoms with Crippen molar-refractivity contribution in [2.24, 2.45) is 0 Å². The summed E-state index contributed by atoms with van der Waals surface area (Å²) in [5.74, 6) is 1.79. The van der Waals surface area contributed by atoms with E-state index in [9.17, 15) is 0 Å². The molecule has 7 nitrogen and oxygen atoms in total. The zero-order valence-corrected chi connectivity index (χ0v) is 24.6. The van der Waals surface area contributed by atoms with Gasteiger partial charge in [-0.25, -0.2) is 0 Å². The van der Waals surface area contributed by atoms with E-state index in [1.54, 1.807) is 0 Å². The van der Waals surface area contributed by atoms with Gasteiger partial charge in [0.1, 0.15) is 36.9 Å². The zero-order valence-electron chi connectivity index (χ0n) is 23.6. The molecule has 2 atom stereocenters. The molecule has 2 saturated heterocycles. The second-order valence-corrected chi connectivity index (χ2v) is 13.1. The summed E-state index contributed by atoms with van der Waals surface area (Å²) in [6.45, 7) is 15.0. The number of benzene rings is 2. The van der Waals surface area contributed by atoms with Gasteiger partial charge in [0.25, 0.3) is 0 Å². The Hall–Kier alpha value is -1.94. The van der Waals surface area contributed by atoms with Crippen LogP contribution < -0.4 is 9.47 Å². The third-order valence-electron chi connectivity index (χ3n) is 7.05. The van der Waals surface area contributed by atoms with Crippen LogP contribution in [0, 0.1) is 0 Å². The number of epoxide rings is 2. The molecule has 2 fully saturated rings. The Morgan fingerprint density at radius 3 is 1.89 bits per heavy atom. The van der Waals surface area contributed by atoms with E-state index in [-0.39, 0.29) is 17.6 Å². The van der Waals surface area contributed by atoms with Crippen LogP contribution in [0.15, 0.2) is 42.5 Å². The molecule has 2 aromatic rings. The molecule has 0 N–H and O–H groups in total. The van der Waals surface area contributed by atoms with E-state index >= 15 is 0 Å². The topological polar surface area (TPSA) is 71.2 Å². The predicted molar refractivity (Wildman–Crippen MR) is 149 cm³/mol. The van der Waals surface area contributed by atoms with Gasteiger partial charge in [-0.3, -0.25) is 0 Å². The SMILES string of the molecule is CCO[Si](CCCc1cc(C(C)(C)c2ccc(OCC3CO3)cc2)ccc1OCC1CO1)(OCC)OCC. The average Bonchev–Trinajstić information content (AvgIpc) is 3.83. The van der Waals surface area contributed by atoms with Crippen molar-refractivity contribution in [1.82, 2.24) is 0 Å². The lowest BCUT2D eigenvalue weighted by molar-refractivity contribution is 0.0708. The van der Waals surface area contributed by atoms with Crippen molar-refractivity contribution in [2.75, 3.05) is 46.2 Å². The van der Waals surface area contributed by atoms with Gasteiger partial charge in [0.15, 0.2) is 0 Å². The van der Waals surface area contributed by atoms with Crippen molar-refractivity contribution in [1.29, 1.82) is 0 Å². The first-order valence-electron chi connectivity index (χ1n) is 14.0. The van der Waals surface area contributed by atoms with Gasteiger partial charge < -0.3 is 32.2 Å². The Morgan fingerprint density at radius 1 is 0.789 bits per heavy atom. The average molecular weight is 545 g/mol. The number of hydrogen-bond donors (Lipinski definition) is 0. The van der Waals surface area contributed by atoms with Crippen LogP contribution in [0.3, 0.4) is 0 Å². The van der Waals surface area contributed by atoms with Crippen molar-refractivity contribution in [3.05, 3.63) is 59.2 Å². The van der Waals surface area contributed by atoms with E-state index in [2.05, 4.69) is 44.2 Å². The maximum absolute atomic E-state index is 6.19. The van der Waals surface area contributed by atoms with E-state index in [4.69, 9.17) is 32.2 Å². The largest absolute Gasteiger partial charge is 0.500 e. The van der Waals surface area contributed by atoms with Gasteiger partial charge in [-0.1, -0.05) is 38.1 Å². The fourth-order valence-corrected chi connectivity index (χ4v) is 7.25. The van der Waals surface area contributed by atoms with Crippen LogP contribution in [0.25, 0.3) is 0 Å². The molecule has 2 heterocycles. The molecule has 0 radical (unpaired) electrons. The van der Waals surface area contributed by atoms with Gasteiger partial charge in [-0.2, -0.15) is 0 Å². The quantitative estimate of drug-likeness (QED) is 0.180. The summed E-state index contributed by atoms with van der Waals surface area (Å²) in [6, 6.07) is 15.8. The first-order chi connectivity index (χ1) is 18.4. The molecule has 2 unspecified atom stereocenters. The van der Waals surface area contributed by atoms with Crippen LogP contribution in [0.5, 0.6) is 11.5 Å². The molecule has 0 saturated carbocycles. The molecule has 0 spiro atoms. The maximum Gasteiger partial charge on any atom is 0.500 e. The Kier molecular flexibility index (Phi) is 10.3. The lowest BCUT2D eigenvalue weighted by Gasteiger charge is -2.29. The molecule has 2 aliphatic heterocycles. The minimum atomic E-state index is -2.69. The smallest absolute Gasteiger partial charge is 0.491 e. The fraction of sp³-hybridized carbons (Fsp3) is 0.600. The summed E-state index contributed by atoms with van der Waals surface area (Å²) in [5, 5.41) is 0. The summed E-state index contributed by atoms with van der Waals surface area (Å²) >= 11 is 0. The van der Waals surface area contributed by atoms with Crippen LogP contribution in [0.2, 0.25) is 6.04 Å². The highest BCUT2D eigenvalue weighted by atomic mass is 28.4. The van der Waals surface area contributed by atoms with E-state index in [1.165, 1.54) is 16.7 Å². The Bertz CT molecular complexity index is 985. The predicted octanol–water partition coefficient (Wildman–Crippen LogP) is 5.55. The molecular weight excluding hydrogens is 500 g/mol. The van der Waals surface area contributed by atoms with Crippen LogP contribution >= 0.6 is 0 Å². The van der Waals surface area contributed by atoms with Crippen molar-refractivity contribution in [3.8, 4) is 11.5 Å². The lowest BCUT2D eigenvalue weighted by Crippen LogP contribution is -2.46. The summed E-state index contributed by atoms with van der Waals surface area (Å²) in [7, 11) is -2.69. The van der Waals surface area contributed by atoms with Crippen molar-refractivity contribution in [3.63, 3.8) is 0 Å². The van der Waals surface area contributed by atoms with Crippen LogP contribution in [0.4, 0.5) is 0 Å². The minimum absolute atomic E-state index is 0.189. The zero-order chi connectivity index (χ0) is 27.0. The fourth-order valence-electron chi connectivity index (χ4n) is 4.64. The highest BCUT2D eigenvalue weighted by Gasteiger charge is 2.39. The van der Waals surface area contributed by atoms with Crippen LogP contribution in [-0.4, -0.2) is 67.3 Å². The van der Waals surface area contributed by atoms with Crippen molar-refractivity contribution >= 4 is 8.80 Å². The molecule has 0 aromatic heterocycles.